The van der Waals surface area contributed by atoms with Gasteiger partial charge in [-0.3, -0.25) is 4.79 Å². The summed E-state index contributed by atoms with van der Waals surface area (Å²) >= 11 is 4.69. The average molecular weight is 365 g/mol. The normalized spacial score (nSPS) is 14.7. The molecule has 6 heteroatoms. The van der Waals surface area contributed by atoms with E-state index in [-0.39, 0.29) is 10.8 Å². The molecule has 0 aliphatic carbocycles. The first-order valence-corrected chi connectivity index (χ1v) is 11.5. The minimum atomic E-state index is -2.82. The second-order valence-electron chi connectivity index (χ2n) is 5.67. The van der Waals surface area contributed by atoms with Crippen LogP contribution in [0.15, 0.2) is 0 Å². The zero-order valence-corrected chi connectivity index (χ0v) is 17.5. The first-order chi connectivity index (χ1) is 11.0. The highest BCUT2D eigenvalue weighted by Gasteiger charge is 2.47. The van der Waals surface area contributed by atoms with Gasteiger partial charge in [0.05, 0.1) is 4.87 Å². The molecule has 0 fully saturated rings. The number of rotatable bonds is 15. The van der Waals surface area contributed by atoms with E-state index in [1.54, 1.807) is 0 Å². The lowest BCUT2D eigenvalue weighted by Gasteiger charge is -2.32. The van der Waals surface area contributed by atoms with Gasteiger partial charge in [-0.1, -0.05) is 26.7 Å². The third kappa shape index (κ3) is 8.16. The standard InChI is InChI=1S/C17H36O4SSi/c1-6-11-12-15(7-2)16(18)13-14-17(22)23(19-8-3,20-9-4)21-10-5/h15,17,22H,6-14H2,1-5H3. The summed E-state index contributed by atoms with van der Waals surface area (Å²) in [5.74, 6) is 0.519. The molecule has 0 saturated heterocycles. The maximum Gasteiger partial charge on any atom is 0.514 e. The van der Waals surface area contributed by atoms with E-state index in [0.29, 0.717) is 38.4 Å². The molecule has 0 amide bonds. The summed E-state index contributed by atoms with van der Waals surface area (Å²) in [4.78, 5) is 12.3. The molecule has 4 nitrogen and oxygen atoms in total. The number of unbranched alkanes of at least 4 members (excludes halogenated alkanes) is 1. The van der Waals surface area contributed by atoms with E-state index >= 15 is 0 Å². The highest BCUT2D eigenvalue weighted by Crippen LogP contribution is 2.25. The van der Waals surface area contributed by atoms with Gasteiger partial charge in [-0.2, -0.15) is 12.6 Å². The molecule has 0 heterocycles. The summed E-state index contributed by atoms with van der Waals surface area (Å²) in [7, 11) is -2.82. The van der Waals surface area contributed by atoms with Gasteiger partial charge in [-0.05, 0) is 40.0 Å². The SMILES string of the molecule is CCCCC(CC)C(=O)CCC(S)[Si](OCC)(OCC)OCC. The Morgan fingerprint density at radius 1 is 0.957 bits per heavy atom. The molecule has 2 unspecified atom stereocenters. The Morgan fingerprint density at radius 2 is 1.48 bits per heavy atom. The average Bonchev–Trinajstić information content (AvgIpc) is 2.53. The molecule has 0 radical (unpaired) electrons. The van der Waals surface area contributed by atoms with E-state index in [1.165, 1.54) is 0 Å². The number of thiol groups is 1. The van der Waals surface area contributed by atoms with Crippen LogP contribution in [0, 0.1) is 5.92 Å². The van der Waals surface area contributed by atoms with Gasteiger partial charge in [0.25, 0.3) is 0 Å². The number of hydrogen-bond donors (Lipinski definition) is 1. The van der Waals surface area contributed by atoms with Crippen LogP contribution in [0.5, 0.6) is 0 Å². The van der Waals surface area contributed by atoms with Gasteiger partial charge in [0.15, 0.2) is 0 Å². The molecule has 0 N–H and O–H groups in total. The van der Waals surface area contributed by atoms with Crippen LogP contribution in [0.4, 0.5) is 0 Å². The van der Waals surface area contributed by atoms with Crippen molar-refractivity contribution in [3.05, 3.63) is 0 Å². The number of Topliss-reactive ketones (excluding diaryl/α,β-unsaturated/α-hetero) is 1. The van der Waals surface area contributed by atoms with Crippen LogP contribution in [0.3, 0.4) is 0 Å². The quantitative estimate of drug-likeness (QED) is 0.345. The van der Waals surface area contributed by atoms with Gasteiger partial charge in [0.2, 0.25) is 0 Å². The lowest BCUT2D eigenvalue weighted by Crippen LogP contribution is -2.54. The van der Waals surface area contributed by atoms with Crippen molar-refractivity contribution < 1.29 is 18.1 Å². The number of carbonyl (C=O) groups excluding carboxylic acids is 1. The smallest absolute Gasteiger partial charge is 0.373 e. The Morgan fingerprint density at radius 3 is 1.87 bits per heavy atom. The van der Waals surface area contributed by atoms with Crippen molar-refractivity contribution in [2.24, 2.45) is 5.92 Å². The molecule has 2 atom stereocenters. The zero-order valence-electron chi connectivity index (χ0n) is 15.6. The highest BCUT2D eigenvalue weighted by molar-refractivity contribution is 7.83. The summed E-state index contributed by atoms with van der Waals surface area (Å²) in [6.45, 7) is 11.7. The van der Waals surface area contributed by atoms with Gasteiger partial charge < -0.3 is 13.3 Å². The number of hydrogen-bond acceptors (Lipinski definition) is 5. The first-order valence-electron chi connectivity index (χ1n) is 9.13. The maximum absolute atomic E-state index is 12.4. The maximum atomic E-state index is 12.4. The summed E-state index contributed by atoms with van der Waals surface area (Å²) < 4.78 is 17.6. The van der Waals surface area contributed by atoms with E-state index < -0.39 is 8.80 Å². The summed E-state index contributed by atoms with van der Waals surface area (Å²) in [5.41, 5.74) is 0. The highest BCUT2D eigenvalue weighted by atomic mass is 32.1. The third-order valence-corrected chi connectivity index (χ3v) is 8.35. The molecule has 0 aromatic rings. The van der Waals surface area contributed by atoms with E-state index in [1.807, 2.05) is 20.8 Å². The largest absolute Gasteiger partial charge is 0.514 e. The van der Waals surface area contributed by atoms with E-state index in [0.717, 1.165) is 25.7 Å². The molecule has 0 saturated carbocycles. The van der Waals surface area contributed by atoms with Crippen molar-refractivity contribution in [1.29, 1.82) is 0 Å². The van der Waals surface area contributed by atoms with Crippen molar-refractivity contribution in [1.82, 2.24) is 0 Å². The van der Waals surface area contributed by atoms with Gasteiger partial charge in [0, 0.05) is 32.2 Å². The molecule has 0 spiro atoms. The predicted molar refractivity (Wildman–Crippen MR) is 101 cm³/mol. The molecule has 0 rings (SSSR count). The summed E-state index contributed by atoms with van der Waals surface area (Å²) in [6.07, 6.45) is 5.34. The Kier molecular flexibility index (Phi) is 13.5. The summed E-state index contributed by atoms with van der Waals surface area (Å²) in [6, 6.07) is 0. The lowest BCUT2D eigenvalue weighted by molar-refractivity contribution is -0.123. The Labute approximate surface area is 149 Å². The van der Waals surface area contributed by atoms with Crippen molar-refractivity contribution >= 4 is 27.2 Å². The van der Waals surface area contributed by atoms with Crippen LogP contribution in [0.1, 0.15) is 73.1 Å². The Bertz CT molecular complexity index is 298. The van der Waals surface area contributed by atoms with Crippen LogP contribution in [-0.4, -0.2) is 39.3 Å². The van der Waals surface area contributed by atoms with Crippen LogP contribution < -0.4 is 0 Å². The van der Waals surface area contributed by atoms with Gasteiger partial charge >= 0.3 is 8.80 Å². The molecule has 0 bridgehead atoms. The Balaban J connectivity index is 4.71. The topological polar surface area (TPSA) is 44.8 Å². The number of ketones is 1. The first kappa shape index (κ1) is 23.1. The molecular formula is C17H36O4SSi. The van der Waals surface area contributed by atoms with Crippen molar-refractivity contribution in [3.63, 3.8) is 0 Å². The predicted octanol–water partition coefficient (Wildman–Crippen LogP) is 4.44. The molecule has 0 aromatic carbocycles. The van der Waals surface area contributed by atoms with Crippen molar-refractivity contribution in [2.45, 2.75) is 78.0 Å². The fourth-order valence-electron chi connectivity index (χ4n) is 2.72. The molecule has 0 aromatic heterocycles. The minimum Gasteiger partial charge on any atom is -0.373 e. The van der Waals surface area contributed by atoms with Crippen molar-refractivity contribution in [2.75, 3.05) is 19.8 Å². The monoisotopic (exact) mass is 364 g/mol. The van der Waals surface area contributed by atoms with Crippen LogP contribution >= 0.6 is 12.6 Å². The molecule has 0 aliphatic rings. The van der Waals surface area contributed by atoms with Crippen LogP contribution in [0.25, 0.3) is 0 Å². The molecule has 23 heavy (non-hydrogen) atoms. The minimum absolute atomic E-state index is 0.157. The second kappa shape index (κ2) is 13.4. The lowest BCUT2D eigenvalue weighted by atomic mass is 9.92. The fourth-order valence-corrected chi connectivity index (χ4v) is 6.05. The van der Waals surface area contributed by atoms with E-state index in [4.69, 9.17) is 25.9 Å². The van der Waals surface area contributed by atoms with Crippen LogP contribution in [0.2, 0.25) is 0 Å². The zero-order chi connectivity index (χ0) is 17.7. The van der Waals surface area contributed by atoms with Gasteiger partial charge in [-0.15, -0.1) is 0 Å². The molecule has 138 valence electrons. The van der Waals surface area contributed by atoms with Crippen LogP contribution in [-0.2, 0) is 18.1 Å². The summed E-state index contributed by atoms with van der Waals surface area (Å²) in [5, 5.41) is 0. The molecular weight excluding hydrogens is 328 g/mol. The van der Waals surface area contributed by atoms with Crippen molar-refractivity contribution in [3.8, 4) is 0 Å². The van der Waals surface area contributed by atoms with Gasteiger partial charge in [-0.25, -0.2) is 0 Å². The Hall–Kier alpha value is 0.117. The third-order valence-electron chi connectivity index (χ3n) is 3.96. The van der Waals surface area contributed by atoms with Gasteiger partial charge in [0.1, 0.15) is 5.78 Å². The molecule has 0 aliphatic heterocycles. The van der Waals surface area contributed by atoms with E-state index in [2.05, 4.69) is 13.8 Å². The fraction of sp³-hybridized carbons (Fsp3) is 0.941. The second-order valence-corrected chi connectivity index (χ2v) is 9.55. The number of carbonyl (C=O) groups is 1. The van der Waals surface area contributed by atoms with E-state index in [9.17, 15) is 4.79 Å².